The van der Waals surface area contributed by atoms with E-state index in [1.54, 1.807) is 0 Å². The average Bonchev–Trinajstić information content (AvgIpc) is 1.79. The molecule has 0 aromatic rings. The minimum atomic E-state index is -2.73. The zero-order valence-corrected chi connectivity index (χ0v) is 10.8. The maximum atomic E-state index is 10.2. The summed E-state index contributed by atoms with van der Waals surface area (Å²) in [6.07, 6.45) is 1.00. The van der Waals surface area contributed by atoms with E-state index in [2.05, 4.69) is 25.3 Å². The monoisotopic (exact) mass is 249 g/mol. The van der Waals surface area contributed by atoms with Crippen molar-refractivity contribution in [1.82, 2.24) is 0 Å². The molecular formula is C8H19MnO3P. The van der Waals surface area contributed by atoms with Crippen molar-refractivity contribution in [1.29, 1.82) is 0 Å². The van der Waals surface area contributed by atoms with Crippen LogP contribution in [0, 0.1) is 11.3 Å². The van der Waals surface area contributed by atoms with E-state index in [-0.39, 0.29) is 22.5 Å². The van der Waals surface area contributed by atoms with Gasteiger partial charge in [0.05, 0.1) is 6.61 Å². The van der Waals surface area contributed by atoms with Crippen molar-refractivity contribution in [3.63, 3.8) is 0 Å². The Morgan fingerprint density at radius 1 is 1.46 bits per heavy atom. The van der Waals surface area contributed by atoms with Gasteiger partial charge in [-0.3, -0.25) is 4.57 Å². The van der Waals surface area contributed by atoms with E-state index in [1.165, 1.54) is 0 Å². The summed E-state index contributed by atoms with van der Waals surface area (Å²) < 4.78 is 14.9. The van der Waals surface area contributed by atoms with Gasteiger partial charge in [-0.05, 0) is 17.8 Å². The van der Waals surface area contributed by atoms with Crippen LogP contribution in [0.4, 0.5) is 0 Å². The summed E-state index contributed by atoms with van der Waals surface area (Å²) in [7, 11) is -2.73. The third-order valence-corrected chi connectivity index (χ3v) is 1.87. The fourth-order valence-electron chi connectivity index (χ4n) is 1.32. The molecule has 0 saturated heterocycles. The van der Waals surface area contributed by atoms with Crippen LogP contribution in [0.2, 0.25) is 0 Å². The molecule has 5 heteroatoms. The molecule has 0 aliphatic heterocycles. The Morgan fingerprint density at radius 3 is 2.23 bits per heavy atom. The van der Waals surface area contributed by atoms with E-state index in [1.807, 2.05) is 6.92 Å². The van der Waals surface area contributed by atoms with Crippen LogP contribution in [0.5, 0.6) is 0 Å². The first-order chi connectivity index (χ1) is 5.31. The van der Waals surface area contributed by atoms with Crippen molar-refractivity contribution in [2.75, 3.05) is 6.61 Å². The van der Waals surface area contributed by atoms with Gasteiger partial charge in [0.25, 0.3) is 0 Å². The molecule has 0 rings (SSSR count). The molecule has 0 aliphatic carbocycles. The van der Waals surface area contributed by atoms with Crippen LogP contribution in [0.1, 0.15) is 34.1 Å². The largest absolute Gasteiger partial charge is 0.326 e. The summed E-state index contributed by atoms with van der Waals surface area (Å²) in [5.74, 6) is 0.339. The van der Waals surface area contributed by atoms with E-state index in [0.717, 1.165) is 6.42 Å². The predicted octanol–water partition coefficient (Wildman–Crippen LogP) is 2.45. The molecule has 0 aromatic heterocycles. The summed E-state index contributed by atoms with van der Waals surface area (Å²) in [5, 5.41) is 0. The van der Waals surface area contributed by atoms with E-state index < -0.39 is 8.25 Å². The topological polar surface area (TPSA) is 46.5 Å². The van der Waals surface area contributed by atoms with Gasteiger partial charge in [-0.2, -0.15) is 0 Å². The van der Waals surface area contributed by atoms with E-state index in [9.17, 15) is 4.57 Å². The Bertz CT molecular complexity index is 156. The molecule has 81 valence electrons. The first kappa shape index (κ1) is 16.1. The van der Waals surface area contributed by atoms with Crippen molar-refractivity contribution in [3.8, 4) is 0 Å². The van der Waals surface area contributed by atoms with Gasteiger partial charge in [-0.25, -0.2) is 0 Å². The van der Waals surface area contributed by atoms with Gasteiger partial charge < -0.3 is 9.42 Å². The minimum absolute atomic E-state index is 0. The number of rotatable bonds is 4. The molecule has 0 fully saturated rings. The van der Waals surface area contributed by atoms with E-state index in [0.29, 0.717) is 12.5 Å². The van der Waals surface area contributed by atoms with Gasteiger partial charge >= 0.3 is 8.25 Å². The molecule has 0 heterocycles. The van der Waals surface area contributed by atoms with Crippen molar-refractivity contribution in [2.24, 2.45) is 11.3 Å². The maximum Gasteiger partial charge on any atom is 0.316 e. The molecule has 1 radical (unpaired) electrons. The van der Waals surface area contributed by atoms with Crippen molar-refractivity contribution >= 4 is 8.25 Å². The molecular weight excluding hydrogens is 230 g/mol. The van der Waals surface area contributed by atoms with Gasteiger partial charge in [0.2, 0.25) is 0 Å². The first-order valence-corrected chi connectivity index (χ1v) is 5.43. The van der Waals surface area contributed by atoms with Crippen LogP contribution < -0.4 is 0 Å². The SMILES string of the molecule is CC(CO[PH](=O)O)CC(C)(C)C.[Mn]. The molecule has 3 nitrogen and oxygen atoms in total. The third-order valence-electron chi connectivity index (χ3n) is 1.45. The summed E-state index contributed by atoms with van der Waals surface area (Å²) in [6.45, 7) is 8.84. The van der Waals surface area contributed by atoms with Crippen molar-refractivity contribution in [2.45, 2.75) is 34.1 Å². The zero-order chi connectivity index (χ0) is 9.78. The summed E-state index contributed by atoms with van der Waals surface area (Å²) in [5.41, 5.74) is 0.258. The number of hydrogen-bond acceptors (Lipinski definition) is 2. The van der Waals surface area contributed by atoms with Gasteiger partial charge in [0.1, 0.15) is 0 Å². The Labute approximate surface area is 91.7 Å². The molecule has 0 spiro atoms. The Balaban J connectivity index is 0. The first-order valence-electron chi connectivity index (χ1n) is 4.17. The summed E-state index contributed by atoms with van der Waals surface area (Å²) in [4.78, 5) is 8.42. The molecule has 0 aromatic carbocycles. The zero-order valence-electron chi connectivity index (χ0n) is 8.63. The van der Waals surface area contributed by atoms with Crippen LogP contribution in [0.15, 0.2) is 0 Å². The second-order valence-electron chi connectivity index (χ2n) is 4.45. The average molecular weight is 249 g/mol. The number of hydrogen-bond donors (Lipinski definition) is 1. The van der Waals surface area contributed by atoms with Crippen molar-refractivity contribution < 1.29 is 31.1 Å². The normalized spacial score (nSPS) is 16.1. The molecule has 2 unspecified atom stereocenters. The van der Waals surface area contributed by atoms with Crippen molar-refractivity contribution in [3.05, 3.63) is 0 Å². The van der Waals surface area contributed by atoms with Gasteiger partial charge in [-0.1, -0.05) is 27.7 Å². The second kappa shape index (κ2) is 7.03. The molecule has 13 heavy (non-hydrogen) atoms. The van der Waals surface area contributed by atoms with Crippen LogP contribution in [-0.2, 0) is 26.2 Å². The Kier molecular flexibility index (Phi) is 8.71. The second-order valence-corrected chi connectivity index (χ2v) is 5.27. The molecule has 0 bridgehead atoms. The van der Waals surface area contributed by atoms with Crippen LogP contribution in [-0.4, -0.2) is 11.5 Å². The fourth-order valence-corrected chi connectivity index (χ4v) is 1.74. The Morgan fingerprint density at radius 2 is 1.92 bits per heavy atom. The van der Waals surface area contributed by atoms with Crippen LogP contribution >= 0.6 is 8.25 Å². The summed E-state index contributed by atoms with van der Waals surface area (Å²) >= 11 is 0. The summed E-state index contributed by atoms with van der Waals surface area (Å²) in [6, 6.07) is 0. The van der Waals surface area contributed by atoms with E-state index in [4.69, 9.17) is 4.89 Å². The molecule has 0 saturated carbocycles. The van der Waals surface area contributed by atoms with Crippen LogP contribution in [0.3, 0.4) is 0 Å². The quantitative estimate of drug-likeness (QED) is 0.615. The van der Waals surface area contributed by atoms with Gasteiger partial charge in [0.15, 0.2) is 0 Å². The molecule has 1 N–H and O–H groups in total. The standard InChI is InChI=1S/C8H19O3P.Mn/c1-7(5-8(2,3)4)6-11-12(9)10;/h7,12H,5-6H2,1-4H3,(H,9,10);. The van der Waals surface area contributed by atoms with Gasteiger partial charge in [-0.15, -0.1) is 0 Å². The van der Waals surface area contributed by atoms with Crippen LogP contribution in [0.25, 0.3) is 0 Å². The maximum absolute atomic E-state index is 10.2. The smallest absolute Gasteiger partial charge is 0.316 e. The molecule has 0 aliphatic rings. The fraction of sp³-hybridized carbons (Fsp3) is 1.00. The van der Waals surface area contributed by atoms with E-state index >= 15 is 0 Å². The Hall–Kier alpha value is 0.669. The minimum Gasteiger partial charge on any atom is -0.326 e. The third kappa shape index (κ3) is 12.7. The molecule has 2 atom stereocenters. The molecule has 0 amide bonds. The van der Waals surface area contributed by atoms with Gasteiger partial charge in [0, 0.05) is 17.1 Å². The predicted molar refractivity (Wildman–Crippen MR) is 50.4 cm³/mol.